The van der Waals surface area contributed by atoms with Crippen molar-refractivity contribution in [1.29, 1.82) is 0 Å². The van der Waals surface area contributed by atoms with E-state index in [1.165, 1.54) is 6.42 Å². The molecule has 1 heterocycles. The molecule has 1 aliphatic rings. The molecule has 1 amide bonds. The molecule has 1 aliphatic heterocycles. The number of unbranched alkanes of at least 4 members (excludes halogenated alkanes) is 2. The molecule has 2 aromatic rings. The predicted octanol–water partition coefficient (Wildman–Crippen LogP) is 4.86. The Bertz CT molecular complexity index is 923. The van der Waals surface area contributed by atoms with Crippen LogP contribution in [0.1, 0.15) is 33.1 Å². The highest BCUT2D eigenvalue weighted by Gasteiger charge is 2.30. The standard InChI is InChI=1S/C25H31N3O3/c1-5-6-10-17-30-22-13-15-23(16-14-22)31-18-24(29)26-25-19(2)27(4)28(20(25)3)21-11-8-7-9-12-21/h7-9,11-16H,3,5-6,10,17-18H2,1-2,4H3,(H,26,29). The minimum absolute atomic E-state index is 0.0875. The number of benzene rings is 2. The van der Waals surface area contributed by atoms with Crippen LogP contribution in [-0.4, -0.2) is 31.2 Å². The van der Waals surface area contributed by atoms with E-state index in [1.54, 1.807) is 0 Å². The first-order valence-corrected chi connectivity index (χ1v) is 10.7. The van der Waals surface area contributed by atoms with Crippen LogP contribution in [0.5, 0.6) is 11.5 Å². The summed E-state index contributed by atoms with van der Waals surface area (Å²) in [5, 5.41) is 6.87. The lowest BCUT2D eigenvalue weighted by Gasteiger charge is -2.29. The molecule has 0 atom stereocenters. The van der Waals surface area contributed by atoms with E-state index in [0.29, 0.717) is 23.8 Å². The summed E-state index contributed by atoms with van der Waals surface area (Å²) < 4.78 is 11.3. The Morgan fingerprint density at radius 2 is 1.65 bits per heavy atom. The van der Waals surface area contributed by atoms with Gasteiger partial charge in [0.25, 0.3) is 5.91 Å². The summed E-state index contributed by atoms with van der Waals surface area (Å²) in [4.78, 5) is 12.5. The summed E-state index contributed by atoms with van der Waals surface area (Å²) >= 11 is 0. The third-order valence-electron chi connectivity index (χ3n) is 5.17. The number of carbonyl (C=O) groups excluding carboxylic acids is 1. The van der Waals surface area contributed by atoms with Crippen molar-refractivity contribution < 1.29 is 14.3 Å². The summed E-state index contributed by atoms with van der Waals surface area (Å²) in [5.74, 6) is 1.19. The summed E-state index contributed by atoms with van der Waals surface area (Å²) in [6, 6.07) is 17.2. The zero-order chi connectivity index (χ0) is 22.2. The van der Waals surface area contributed by atoms with Crippen molar-refractivity contribution in [1.82, 2.24) is 10.3 Å². The van der Waals surface area contributed by atoms with Gasteiger partial charge in [-0.3, -0.25) is 14.8 Å². The third kappa shape index (κ3) is 5.60. The number of carbonyl (C=O) groups is 1. The molecule has 2 aromatic carbocycles. The number of amides is 1. The van der Waals surface area contributed by atoms with Gasteiger partial charge in [0.15, 0.2) is 6.61 Å². The van der Waals surface area contributed by atoms with Crippen molar-refractivity contribution in [2.75, 3.05) is 25.3 Å². The zero-order valence-electron chi connectivity index (χ0n) is 18.6. The molecule has 0 saturated heterocycles. The maximum atomic E-state index is 12.5. The molecule has 31 heavy (non-hydrogen) atoms. The normalized spacial score (nSPS) is 13.6. The maximum absolute atomic E-state index is 12.5. The van der Waals surface area contributed by atoms with Crippen LogP contribution in [0.15, 0.2) is 78.3 Å². The fourth-order valence-corrected chi connectivity index (χ4v) is 3.37. The fourth-order valence-electron chi connectivity index (χ4n) is 3.37. The number of rotatable bonds is 10. The van der Waals surface area contributed by atoms with E-state index >= 15 is 0 Å². The van der Waals surface area contributed by atoms with Crippen LogP contribution < -0.4 is 19.8 Å². The number of anilines is 1. The Hall–Kier alpha value is -3.41. The molecule has 3 rings (SSSR count). The average molecular weight is 422 g/mol. The first kappa shape index (κ1) is 22.3. The minimum atomic E-state index is -0.237. The SMILES string of the molecule is C=C1C(NC(=O)COc2ccc(OCCCCC)cc2)=C(C)N(C)N1c1ccccc1. The highest BCUT2D eigenvalue weighted by atomic mass is 16.5. The number of hydrazine groups is 1. The van der Waals surface area contributed by atoms with Crippen molar-refractivity contribution in [3.05, 3.63) is 78.3 Å². The Morgan fingerprint density at radius 3 is 2.29 bits per heavy atom. The molecule has 0 saturated carbocycles. The van der Waals surface area contributed by atoms with Crippen LogP contribution in [0, 0.1) is 0 Å². The zero-order valence-corrected chi connectivity index (χ0v) is 18.6. The lowest BCUT2D eigenvalue weighted by molar-refractivity contribution is -0.122. The van der Waals surface area contributed by atoms with Gasteiger partial charge in [-0.05, 0) is 49.7 Å². The summed E-state index contributed by atoms with van der Waals surface area (Å²) in [6.07, 6.45) is 3.38. The molecule has 0 bridgehead atoms. The summed E-state index contributed by atoms with van der Waals surface area (Å²) in [7, 11) is 1.94. The minimum Gasteiger partial charge on any atom is -0.494 e. The van der Waals surface area contributed by atoms with E-state index in [4.69, 9.17) is 9.47 Å². The lowest BCUT2D eigenvalue weighted by atomic mass is 10.2. The average Bonchev–Trinajstić information content (AvgIpc) is 3.00. The molecular weight excluding hydrogens is 390 g/mol. The number of hydrogen-bond donors (Lipinski definition) is 1. The van der Waals surface area contributed by atoms with Crippen LogP contribution in [0.2, 0.25) is 0 Å². The highest BCUT2D eigenvalue weighted by molar-refractivity contribution is 5.81. The first-order chi connectivity index (χ1) is 15.0. The number of allylic oxidation sites excluding steroid dienone is 1. The number of nitrogens with one attached hydrogen (secondary N) is 1. The number of ether oxygens (including phenoxy) is 2. The molecule has 6 nitrogen and oxygen atoms in total. The van der Waals surface area contributed by atoms with Gasteiger partial charge in [-0.2, -0.15) is 0 Å². The number of para-hydroxylation sites is 1. The van der Waals surface area contributed by atoms with Crippen LogP contribution in [0.4, 0.5) is 5.69 Å². The molecule has 6 heteroatoms. The van der Waals surface area contributed by atoms with Crippen LogP contribution in [-0.2, 0) is 4.79 Å². The second kappa shape index (κ2) is 10.6. The fraction of sp³-hybridized carbons (Fsp3) is 0.320. The summed E-state index contributed by atoms with van der Waals surface area (Å²) in [6.45, 7) is 8.91. The van der Waals surface area contributed by atoms with Crippen molar-refractivity contribution >= 4 is 11.6 Å². The predicted molar refractivity (Wildman–Crippen MR) is 124 cm³/mol. The third-order valence-corrected chi connectivity index (χ3v) is 5.17. The Kier molecular flexibility index (Phi) is 7.60. The van der Waals surface area contributed by atoms with Crippen molar-refractivity contribution in [2.45, 2.75) is 33.1 Å². The van der Waals surface area contributed by atoms with Gasteiger partial charge in [0, 0.05) is 7.05 Å². The van der Waals surface area contributed by atoms with Gasteiger partial charge in [-0.1, -0.05) is 44.5 Å². The Balaban J connectivity index is 1.52. The second-order valence-corrected chi connectivity index (χ2v) is 7.44. The van der Waals surface area contributed by atoms with Crippen molar-refractivity contribution in [2.24, 2.45) is 0 Å². The van der Waals surface area contributed by atoms with E-state index in [-0.39, 0.29) is 12.5 Å². The van der Waals surface area contributed by atoms with E-state index in [2.05, 4.69) is 18.8 Å². The van der Waals surface area contributed by atoms with E-state index in [0.717, 1.165) is 30.0 Å². The smallest absolute Gasteiger partial charge is 0.262 e. The van der Waals surface area contributed by atoms with Gasteiger partial charge in [0.1, 0.15) is 11.5 Å². The Labute approximate surface area is 184 Å². The highest BCUT2D eigenvalue weighted by Crippen LogP contribution is 2.33. The summed E-state index contributed by atoms with van der Waals surface area (Å²) in [5.41, 5.74) is 3.29. The maximum Gasteiger partial charge on any atom is 0.262 e. The van der Waals surface area contributed by atoms with Gasteiger partial charge in [0.05, 0.1) is 29.4 Å². The van der Waals surface area contributed by atoms with Gasteiger partial charge >= 0.3 is 0 Å². The largest absolute Gasteiger partial charge is 0.494 e. The molecule has 1 N–H and O–H groups in total. The van der Waals surface area contributed by atoms with Crippen molar-refractivity contribution in [3.63, 3.8) is 0 Å². The molecule has 0 aliphatic carbocycles. The van der Waals surface area contributed by atoms with Crippen molar-refractivity contribution in [3.8, 4) is 11.5 Å². The first-order valence-electron chi connectivity index (χ1n) is 10.7. The topological polar surface area (TPSA) is 54.0 Å². The van der Waals surface area contributed by atoms with Gasteiger partial charge in [-0.15, -0.1) is 0 Å². The Morgan fingerprint density at radius 1 is 1.00 bits per heavy atom. The molecule has 164 valence electrons. The molecular formula is C25H31N3O3. The van der Waals surface area contributed by atoms with E-state index < -0.39 is 0 Å². The van der Waals surface area contributed by atoms with Gasteiger partial charge < -0.3 is 14.8 Å². The van der Waals surface area contributed by atoms with E-state index in [1.807, 2.05) is 78.6 Å². The molecule has 0 fully saturated rings. The quantitative estimate of drug-likeness (QED) is 0.555. The molecule has 0 unspecified atom stereocenters. The monoisotopic (exact) mass is 421 g/mol. The molecule has 0 aromatic heterocycles. The van der Waals surface area contributed by atoms with Gasteiger partial charge in [0.2, 0.25) is 0 Å². The number of hydrogen-bond acceptors (Lipinski definition) is 5. The molecule has 0 spiro atoms. The van der Waals surface area contributed by atoms with Gasteiger partial charge in [-0.25, -0.2) is 0 Å². The second-order valence-electron chi connectivity index (χ2n) is 7.44. The van der Waals surface area contributed by atoms with E-state index in [9.17, 15) is 4.79 Å². The van der Waals surface area contributed by atoms with Crippen LogP contribution in [0.3, 0.4) is 0 Å². The lowest BCUT2D eigenvalue weighted by Crippen LogP contribution is -2.33. The number of nitrogens with zero attached hydrogens (tertiary/aromatic N) is 2. The van der Waals surface area contributed by atoms with Crippen LogP contribution in [0.25, 0.3) is 0 Å². The molecule has 0 radical (unpaired) electrons. The van der Waals surface area contributed by atoms with Crippen LogP contribution >= 0.6 is 0 Å².